The molecule has 242 valence electrons. The van der Waals surface area contributed by atoms with Gasteiger partial charge in [-0.2, -0.15) is 0 Å². The van der Waals surface area contributed by atoms with Gasteiger partial charge in [-0.3, -0.25) is 19.2 Å². The molecule has 7 rings (SSSR count). The van der Waals surface area contributed by atoms with Crippen LogP contribution in [0, 0.1) is 5.41 Å². The van der Waals surface area contributed by atoms with Gasteiger partial charge in [0.1, 0.15) is 11.5 Å². The fourth-order valence-electron chi connectivity index (χ4n) is 8.12. The van der Waals surface area contributed by atoms with Gasteiger partial charge in [0.25, 0.3) is 0 Å². The van der Waals surface area contributed by atoms with Crippen molar-refractivity contribution in [3.05, 3.63) is 71.8 Å². The Morgan fingerprint density at radius 3 is 1.89 bits per heavy atom. The Morgan fingerprint density at radius 2 is 1.30 bits per heavy atom. The lowest BCUT2D eigenvalue weighted by atomic mass is 9.78. The Morgan fingerprint density at radius 1 is 0.766 bits per heavy atom. The normalized spacial score (nSPS) is 18.0. The van der Waals surface area contributed by atoms with Crippen molar-refractivity contribution in [3.8, 4) is 11.5 Å². The van der Waals surface area contributed by atoms with Crippen molar-refractivity contribution in [2.45, 2.75) is 64.7 Å². The van der Waals surface area contributed by atoms with E-state index in [-0.39, 0.29) is 30.6 Å². The zero-order valence-corrected chi connectivity index (χ0v) is 27.4. The number of hydrogen-bond acceptors (Lipinski definition) is 6. The maximum atomic E-state index is 14.3. The van der Waals surface area contributed by atoms with Crippen molar-refractivity contribution < 1.29 is 28.7 Å². The van der Waals surface area contributed by atoms with E-state index in [1.807, 2.05) is 59.5 Å². The second kappa shape index (κ2) is 12.3. The molecule has 0 spiro atoms. The number of carbonyl (C=O) groups excluding carboxylic acids is 4. The minimum Gasteiger partial charge on any atom is -0.426 e. The predicted molar refractivity (Wildman–Crippen MR) is 183 cm³/mol. The fraction of sp³-hybridized carbons (Fsp3) is 0.368. The maximum Gasteiger partial charge on any atom is 0.308 e. The number of alkyl halides is 1. The quantitative estimate of drug-likeness (QED) is 0.117. The minimum absolute atomic E-state index is 0.0221. The molecule has 4 aromatic rings. The Labute approximate surface area is 278 Å². The molecule has 1 atom stereocenters. The van der Waals surface area contributed by atoms with Crippen molar-refractivity contribution in [1.29, 1.82) is 0 Å². The summed E-state index contributed by atoms with van der Waals surface area (Å²) in [6.45, 7) is 3.71. The number of anilines is 2. The van der Waals surface area contributed by atoms with Crippen molar-refractivity contribution in [3.63, 3.8) is 0 Å². The fourth-order valence-corrected chi connectivity index (χ4v) is 8.37. The van der Waals surface area contributed by atoms with Crippen LogP contribution in [-0.2, 0) is 25.6 Å². The second-order valence-corrected chi connectivity index (χ2v) is 13.5. The second-order valence-electron chi connectivity index (χ2n) is 13.2. The van der Waals surface area contributed by atoms with E-state index >= 15 is 0 Å². The van der Waals surface area contributed by atoms with Crippen LogP contribution in [-0.4, -0.2) is 42.7 Å². The number of esters is 2. The number of fused-ring (bicyclic) bond motifs is 6. The number of ether oxygens (including phenoxy) is 2. The lowest BCUT2D eigenvalue weighted by Crippen LogP contribution is -2.38. The third-order valence-corrected chi connectivity index (χ3v) is 10.5. The van der Waals surface area contributed by atoms with Crippen LogP contribution in [0.5, 0.6) is 11.5 Å². The summed E-state index contributed by atoms with van der Waals surface area (Å²) >= 11 is 6.48. The summed E-state index contributed by atoms with van der Waals surface area (Å²) in [6.07, 6.45) is 4.69. The predicted octanol–water partition coefficient (Wildman–Crippen LogP) is 7.44. The van der Waals surface area contributed by atoms with E-state index < -0.39 is 17.4 Å². The van der Waals surface area contributed by atoms with Gasteiger partial charge in [-0.15, -0.1) is 11.6 Å². The Bertz CT molecular complexity index is 1950. The molecule has 2 aliphatic heterocycles. The van der Waals surface area contributed by atoms with Gasteiger partial charge in [0.15, 0.2) is 0 Å². The number of nitrogens with zero attached hydrogens (tertiary/aromatic N) is 2. The molecular formula is C38H37ClN2O6. The summed E-state index contributed by atoms with van der Waals surface area (Å²) in [5, 5.41) is 3.55. The average molecular weight is 653 g/mol. The topological polar surface area (TPSA) is 93.2 Å². The number of amides is 2. The molecule has 0 N–H and O–H groups in total. The monoisotopic (exact) mass is 652 g/mol. The smallest absolute Gasteiger partial charge is 0.308 e. The summed E-state index contributed by atoms with van der Waals surface area (Å²) in [4.78, 5) is 56.0. The first-order valence-electron chi connectivity index (χ1n) is 16.3. The highest BCUT2D eigenvalue weighted by atomic mass is 35.5. The zero-order chi connectivity index (χ0) is 32.9. The standard InChI is InChI=1S/C38H37ClN2O6/c1-23(42)46-33-17-31-27(26-9-3-4-10-28(26)33)13-16-40(31)35(44)19-38(14-7-8-15-38)20-36(45)41-22-25(21-39)37-30-12-6-5-11-29(30)34(18-32(37)41)47-24(2)43/h3-6,9-12,17-18,25H,7-8,13-16,19-22H2,1-2H3. The molecule has 3 aliphatic rings. The summed E-state index contributed by atoms with van der Waals surface area (Å²) < 4.78 is 11.2. The van der Waals surface area contributed by atoms with Gasteiger partial charge in [-0.25, -0.2) is 0 Å². The zero-order valence-electron chi connectivity index (χ0n) is 26.6. The van der Waals surface area contributed by atoms with Crippen LogP contribution < -0.4 is 19.3 Å². The summed E-state index contributed by atoms with van der Waals surface area (Å²) in [5.41, 5.74) is 3.07. The molecule has 2 heterocycles. The van der Waals surface area contributed by atoms with Crippen LogP contribution in [0.25, 0.3) is 21.5 Å². The van der Waals surface area contributed by atoms with E-state index in [2.05, 4.69) is 0 Å². The van der Waals surface area contributed by atoms with Crippen LogP contribution in [0.4, 0.5) is 11.4 Å². The van der Waals surface area contributed by atoms with Crippen molar-refractivity contribution >= 4 is 68.3 Å². The van der Waals surface area contributed by atoms with Gasteiger partial charge in [-0.1, -0.05) is 61.4 Å². The maximum absolute atomic E-state index is 14.3. The average Bonchev–Trinajstić information content (AvgIpc) is 3.78. The van der Waals surface area contributed by atoms with Crippen LogP contribution in [0.1, 0.15) is 69.4 Å². The van der Waals surface area contributed by atoms with Gasteiger partial charge in [0, 0.05) is 74.5 Å². The van der Waals surface area contributed by atoms with E-state index in [0.29, 0.717) is 42.6 Å². The van der Waals surface area contributed by atoms with Gasteiger partial charge in [-0.05, 0) is 46.6 Å². The van der Waals surface area contributed by atoms with E-state index in [1.165, 1.54) is 13.8 Å². The van der Waals surface area contributed by atoms with E-state index in [1.54, 1.807) is 11.0 Å². The first-order chi connectivity index (χ1) is 22.7. The molecule has 0 radical (unpaired) electrons. The molecule has 47 heavy (non-hydrogen) atoms. The van der Waals surface area contributed by atoms with Crippen LogP contribution in [0.15, 0.2) is 60.7 Å². The SMILES string of the molecule is CC(=O)Oc1cc2c(c3ccccc13)CCN2C(=O)CC1(CC(=O)N2CC(CCl)c3c2cc(OC(C)=O)c2ccccc32)CCCC1. The highest BCUT2D eigenvalue weighted by Crippen LogP contribution is 2.50. The molecule has 1 saturated carbocycles. The van der Waals surface area contributed by atoms with Crippen LogP contribution in [0.3, 0.4) is 0 Å². The highest BCUT2D eigenvalue weighted by Gasteiger charge is 2.43. The number of carbonyl (C=O) groups is 4. The van der Waals surface area contributed by atoms with Crippen molar-refractivity contribution in [1.82, 2.24) is 0 Å². The summed E-state index contributed by atoms with van der Waals surface area (Å²) in [5.74, 6) is 0.208. The lowest BCUT2D eigenvalue weighted by Gasteiger charge is -2.32. The van der Waals surface area contributed by atoms with Crippen LogP contribution in [0.2, 0.25) is 0 Å². The van der Waals surface area contributed by atoms with Crippen LogP contribution >= 0.6 is 11.6 Å². The van der Waals surface area contributed by atoms with Gasteiger partial charge in [0.05, 0.1) is 11.4 Å². The number of rotatable bonds is 7. The number of halogens is 1. The third kappa shape index (κ3) is 5.63. The molecule has 1 aliphatic carbocycles. The Kier molecular flexibility index (Phi) is 8.16. The largest absolute Gasteiger partial charge is 0.426 e. The molecule has 9 heteroatoms. The van der Waals surface area contributed by atoms with Gasteiger partial charge < -0.3 is 19.3 Å². The lowest BCUT2D eigenvalue weighted by molar-refractivity contribution is -0.132. The van der Waals surface area contributed by atoms with E-state index in [4.69, 9.17) is 21.1 Å². The van der Waals surface area contributed by atoms with Gasteiger partial charge >= 0.3 is 11.9 Å². The third-order valence-electron chi connectivity index (χ3n) is 10.1. The van der Waals surface area contributed by atoms with E-state index in [9.17, 15) is 19.2 Å². The number of hydrogen-bond donors (Lipinski definition) is 0. The Hall–Kier alpha value is -4.43. The molecule has 2 amide bonds. The van der Waals surface area contributed by atoms with Crippen molar-refractivity contribution in [2.75, 3.05) is 28.8 Å². The molecule has 0 bridgehead atoms. The highest BCUT2D eigenvalue weighted by molar-refractivity contribution is 6.19. The van der Waals surface area contributed by atoms with E-state index in [0.717, 1.165) is 64.0 Å². The first kappa shape index (κ1) is 31.2. The van der Waals surface area contributed by atoms with Crippen molar-refractivity contribution in [2.24, 2.45) is 5.41 Å². The van der Waals surface area contributed by atoms with Gasteiger partial charge in [0.2, 0.25) is 11.8 Å². The molecule has 0 aromatic heterocycles. The first-order valence-corrected chi connectivity index (χ1v) is 16.9. The molecule has 1 fully saturated rings. The minimum atomic E-state index is -0.471. The molecule has 0 saturated heterocycles. The number of benzene rings is 4. The molecule has 4 aromatic carbocycles. The Balaban J connectivity index is 1.18. The molecule has 1 unspecified atom stereocenters. The summed E-state index contributed by atoms with van der Waals surface area (Å²) in [6, 6.07) is 19.1. The summed E-state index contributed by atoms with van der Waals surface area (Å²) in [7, 11) is 0. The molecular weight excluding hydrogens is 616 g/mol. The molecule has 8 nitrogen and oxygen atoms in total.